The van der Waals surface area contributed by atoms with E-state index in [9.17, 15) is 8.42 Å². The summed E-state index contributed by atoms with van der Waals surface area (Å²) in [4.78, 5) is 0. The van der Waals surface area contributed by atoms with E-state index in [1.807, 2.05) is 0 Å². The first-order chi connectivity index (χ1) is 8.96. The summed E-state index contributed by atoms with van der Waals surface area (Å²) in [6, 6.07) is -0.174. The molecular formula is C15H31NO2S. The van der Waals surface area contributed by atoms with Crippen LogP contribution in [0.25, 0.3) is 0 Å². The lowest BCUT2D eigenvalue weighted by molar-refractivity contribution is 0.453. The standard InChI is InChI=1S/C15H31NO2S/c1-13(2)19(17,18)15-12-10-8-6-4-3-5-7-9-11-14(15)16/h13-15H,3-12,16H2,1-2H3. The van der Waals surface area contributed by atoms with E-state index < -0.39 is 9.84 Å². The summed E-state index contributed by atoms with van der Waals surface area (Å²) in [6.45, 7) is 3.55. The van der Waals surface area contributed by atoms with E-state index in [0.29, 0.717) is 0 Å². The van der Waals surface area contributed by atoms with Crippen LogP contribution in [0.5, 0.6) is 0 Å². The second-order valence-corrected chi connectivity index (χ2v) is 8.97. The largest absolute Gasteiger partial charge is 0.327 e. The fraction of sp³-hybridized carbons (Fsp3) is 1.00. The van der Waals surface area contributed by atoms with Crippen LogP contribution in [0.2, 0.25) is 0 Å². The van der Waals surface area contributed by atoms with Crippen LogP contribution in [0.3, 0.4) is 0 Å². The van der Waals surface area contributed by atoms with Gasteiger partial charge < -0.3 is 5.73 Å². The Balaban J connectivity index is 2.71. The van der Waals surface area contributed by atoms with E-state index >= 15 is 0 Å². The maximum Gasteiger partial charge on any atom is 0.156 e. The van der Waals surface area contributed by atoms with Crippen molar-refractivity contribution in [2.45, 2.75) is 94.6 Å². The minimum Gasteiger partial charge on any atom is -0.327 e. The maximum atomic E-state index is 12.4. The van der Waals surface area contributed by atoms with E-state index in [1.165, 1.54) is 32.1 Å². The van der Waals surface area contributed by atoms with E-state index in [0.717, 1.165) is 32.1 Å². The number of hydrogen-bond acceptors (Lipinski definition) is 3. The quantitative estimate of drug-likeness (QED) is 0.847. The predicted octanol–water partition coefficient (Wildman–Crippen LogP) is 3.42. The highest BCUT2D eigenvalue weighted by Gasteiger charge is 2.32. The van der Waals surface area contributed by atoms with Crippen LogP contribution < -0.4 is 5.73 Å². The van der Waals surface area contributed by atoms with Crippen molar-refractivity contribution in [2.24, 2.45) is 5.73 Å². The van der Waals surface area contributed by atoms with Gasteiger partial charge in [-0.05, 0) is 26.7 Å². The van der Waals surface area contributed by atoms with Gasteiger partial charge in [0.2, 0.25) is 0 Å². The zero-order valence-corrected chi connectivity index (χ0v) is 13.4. The molecule has 1 rings (SSSR count). The Hall–Kier alpha value is -0.0900. The molecule has 1 saturated carbocycles. The van der Waals surface area contributed by atoms with Crippen LogP contribution >= 0.6 is 0 Å². The van der Waals surface area contributed by atoms with Crippen LogP contribution in [0.4, 0.5) is 0 Å². The van der Waals surface area contributed by atoms with Gasteiger partial charge in [0.1, 0.15) is 0 Å². The van der Waals surface area contributed by atoms with E-state index in [1.54, 1.807) is 13.8 Å². The van der Waals surface area contributed by atoms with Gasteiger partial charge in [0.25, 0.3) is 0 Å². The lowest BCUT2D eigenvalue weighted by atomic mass is 9.98. The molecule has 0 saturated heterocycles. The summed E-state index contributed by atoms with van der Waals surface area (Å²) in [5.41, 5.74) is 6.20. The molecule has 0 aromatic carbocycles. The fourth-order valence-corrected chi connectivity index (χ4v) is 4.76. The highest BCUT2D eigenvalue weighted by Crippen LogP contribution is 2.23. The maximum absolute atomic E-state index is 12.4. The number of nitrogens with two attached hydrogens (primary N) is 1. The summed E-state index contributed by atoms with van der Waals surface area (Å²) >= 11 is 0. The van der Waals surface area contributed by atoms with Crippen molar-refractivity contribution in [2.75, 3.05) is 0 Å². The molecule has 3 nitrogen and oxygen atoms in total. The lowest BCUT2D eigenvalue weighted by Crippen LogP contribution is -2.43. The molecule has 0 bridgehead atoms. The van der Waals surface area contributed by atoms with Crippen molar-refractivity contribution in [1.29, 1.82) is 0 Å². The molecule has 0 aliphatic heterocycles. The van der Waals surface area contributed by atoms with Crippen molar-refractivity contribution in [3.8, 4) is 0 Å². The first-order valence-corrected chi connectivity index (χ1v) is 9.55. The van der Waals surface area contributed by atoms with Gasteiger partial charge in [0.05, 0.1) is 10.5 Å². The number of sulfone groups is 1. The summed E-state index contributed by atoms with van der Waals surface area (Å²) in [7, 11) is -3.06. The smallest absolute Gasteiger partial charge is 0.156 e. The van der Waals surface area contributed by atoms with Crippen molar-refractivity contribution >= 4 is 9.84 Å². The van der Waals surface area contributed by atoms with Gasteiger partial charge in [0, 0.05) is 6.04 Å². The Kier molecular flexibility index (Phi) is 7.37. The zero-order chi connectivity index (χ0) is 14.3. The molecule has 0 spiro atoms. The molecule has 0 aromatic rings. The summed E-state index contributed by atoms with van der Waals surface area (Å²) in [5, 5.41) is -0.636. The summed E-state index contributed by atoms with van der Waals surface area (Å²) < 4.78 is 24.9. The molecule has 0 radical (unpaired) electrons. The van der Waals surface area contributed by atoms with Gasteiger partial charge in [-0.3, -0.25) is 0 Å². The molecule has 19 heavy (non-hydrogen) atoms. The Morgan fingerprint density at radius 1 is 0.842 bits per heavy atom. The van der Waals surface area contributed by atoms with E-state index in [4.69, 9.17) is 5.73 Å². The van der Waals surface area contributed by atoms with Crippen LogP contribution in [0, 0.1) is 0 Å². The van der Waals surface area contributed by atoms with Gasteiger partial charge in [-0.2, -0.15) is 0 Å². The SMILES string of the molecule is CC(C)S(=O)(=O)C1CCCCCCCCCCC1N. The average molecular weight is 289 g/mol. The molecule has 4 heteroatoms. The molecule has 2 N–H and O–H groups in total. The topological polar surface area (TPSA) is 60.2 Å². The fourth-order valence-electron chi connectivity index (χ4n) is 2.94. The Morgan fingerprint density at radius 2 is 1.26 bits per heavy atom. The normalized spacial score (nSPS) is 28.6. The molecule has 1 fully saturated rings. The summed E-state index contributed by atoms with van der Waals surface area (Å²) in [6.07, 6.45) is 11.2. The highest BCUT2D eigenvalue weighted by molar-refractivity contribution is 7.92. The third kappa shape index (κ3) is 5.42. The van der Waals surface area contributed by atoms with Gasteiger partial charge >= 0.3 is 0 Å². The molecule has 0 aromatic heterocycles. The van der Waals surface area contributed by atoms with E-state index in [-0.39, 0.29) is 16.5 Å². The Bertz CT molecular complexity index is 338. The van der Waals surface area contributed by atoms with Crippen LogP contribution in [-0.4, -0.2) is 25.0 Å². The average Bonchev–Trinajstić information content (AvgIpc) is 2.33. The number of rotatable bonds is 2. The van der Waals surface area contributed by atoms with Crippen molar-refractivity contribution in [3.63, 3.8) is 0 Å². The van der Waals surface area contributed by atoms with Crippen molar-refractivity contribution < 1.29 is 8.42 Å². The molecule has 0 amide bonds. The zero-order valence-electron chi connectivity index (χ0n) is 12.6. The van der Waals surface area contributed by atoms with Gasteiger partial charge in [0.15, 0.2) is 9.84 Å². The third-order valence-electron chi connectivity index (χ3n) is 4.33. The molecule has 2 atom stereocenters. The third-order valence-corrected chi connectivity index (χ3v) is 7.08. The lowest BCUT2D eigenvalue weighted by Gasteiger charge is -2.26. The monoisotopic (exact) mass is 289 g/mol. The van der Waals surface area contributed by atoms with Crippen LogP contribution in [-0.2, 0) is 9.84 Å². The Morgan fingerprint density at radius 3 is 1.74 bits per heavy atom. The minimum atomic E-state index is -3.06. The van der Waals surface area contributed by atoms with Gasteiger partial charge in [-0.25, -0.2) is 8.42 Å². The molecular weight excluding hydrogens is 258 g/mol. The first-order valence-electron chi connectivity index (χ1n) is 7.94. The van der Waals surface area contributed by atoms with Crippen LogP contribution in [0.15, 0.2) is 0 Å². The van der Waals surface area contributed by atoms with Gasteiger partial charge in [-0.15, -0.1) is 0 Å². The Labute approximate surface area is 119 Å². The second-order valence-electron chi connectivity index (χ2n) is 6.25. The molecule has 2 unspecified atom stereocenters. The van der Waals surface area contributed by atoms with Crippen molar-refractivity contribution in [1.82, 2.24) is 0 Å². The van der Waals surface area contributed by atoms with Gasteiger partial charge in [-0.1, -0.05) is 51.4 Å². The molecule has 114 valence electrons. The minimum absolute atomic E-state index is 0.174. The second kappa shape index (κ2) is 8.25. The molecule has 0 heterocycles. The molecule has 1 aliphatic carbocycles. The predicted molar refractivity (Wildman–Crippen MR) is 82.0 cm³/mol. The highest BCUT2D eigenvalue weighted by atomic mass is 32.2. The van der Waals surface area contributed by atoms with Crippen molar-refractivity contribution in [3.05, 3.63) is 0 Å². The summed E-state index contributed by atoms with van der Waals surface area (Å²) in [5.74, 6) is 0. The van der Waals surface area contributed by atoms with E-state index in [2.05, 4.69) is 0 Å². The number of hydrogen-bond donors (Lipinski definition) is 1. The van der Waals surface area contributed by atoms with Crippen LogP contribution in [0.1, 0.15) is 78.1 Å². The first kappa shape index (κ1) is 17.0. The molecule has 1 aliphatic rings.